The van der Waals surface area contributed by atoms with Gasteiger partial charge in [0.1, 0.15) is 0 Å². The summed E-state index contributed by atoms with van der Waals surface area (Å²) in [6, 6.07) is 23.2. The molecule has 0 saturated heterocycles. The molecule has 0 spiro atoms. The molecule has 2 heterocycles. The summed E-state index contributed by atoms with van der Waals surface area (Å²) in [6.45, 7) is 0. The number of imidazole rings is 1. The van der Waals surface area contributed by atoms with E-state index in [0.29, 0.717) is 10.0 Å². The molecule has 5 rings (SSSR count). The van der Waals surface area contributed by atoms with Gasteiger partial charge in [-0.05, 0) is 58.7 Å². The third-order valence-corrected chi connectivity index (χ3v) is 6.22. The first-order valence-corrected chi connectivity index (χ1v) is 10.9. The second-order valence-electron chi connectivity index (χ2n) is 7.71. The second-order valence-corrected chi connectivity index (χ2v) is 8.58. The van der Waals surface area contributed by atoms with Crippen LogP contribution in [0.3, 0.4) is 0 Å². The second kappa shape index (κ2) is 8.30. The molecule has 4 nitrogen and oxygen atoms in total. The summed E-state index contributed by atoms with van der Waals surface area (Å²) in [5.41, 5.74) is 4.71. The molecule has 0 N–H and O–H groups in total. The van der Waals surface area contributed by atoms with Gasteiger partial charge in [-0.15, -0.1) is 0 Å². The van der Waals surface area contributed by atoms with Crippen molar-refractivity contribution in [3.63, 3.8) is 0 Å². The highest BCUT2D eigenvalue weighted by molar-refractivity contribution is 6.31. The Labute approximate surface area is 195 Å². The predicted octanol–water partition coefficient (Wildman–Crippen LogP) is 6.35. The van der Waals surface area contributed by atoms with Crippen molar-refractivity contribution in [1.29, 1.82) is 0 Å². The van der Waals surface area contributed by atoms with E-state index in [4.69, 9.17) is 23.2 Å². The van der Waals surface area contributed by atoms with Gasteiger partial charge in [0.25, 0.3) is 5.56 Å². The molecule has 3 aromatic carbocycles. The highest BCUT2D eigenvalue weighted by Gasteiger charge is 2.18. The Hall–Kier alpha value is -3.34. The lowest BCUT2D eigenvalue weighted by atomic mass is 9.94. The van der Waals surface area contributed by atoms with Gasteiger partial charge in [-0.1, -0.05) is 53.5 Å². The topological polar surface area (TPSA) is 39.8 Å². The van der Waals surface area contributed by atoms with E-state index < -0.39 is 0 Å². The molecular formula is C26H19Cl2N3O. The maximum atomic E-state index is 12.7. The Bertz CT molecular complexity index is 1470. The van der Waals surface area contributed by atoms with Gasteiger partial charge in [0, 0.05) is 40.9 Å². The normalized spacial score (nSPS) is 12.2. The van der Waals surface area contributed by atoms with E-state index in [9.17, 15) is 4.79 Å². The number of nitrogens with zero attached hydrogens (tertiary/aromatic N) is 3. The number of fused-ring (bicyclic) bond motifs is 1. The average Bonchev–Trinajstić information content (AvgIpc) is 3.32. The Balaban J connectivity index is 1.77. The standard InChI is InChI=1S/C26H19Cl2N3O/c1-30-24-10-7-19(26(31-12-11-29-16-31)17-5-8-20(27)9-6-17)14-23(24)22(15-25(30)32)18-3-2-4-21(28)13-18/h2-16,26H,1H3. The number of aromatic nitrogens is 3. The van der Waals surface area contributed by atoms with Crippen LogP contribution in [-0.4, -0.2) is 14.1 Å². The van der Waals surface area contributed by atoms with Crippen LogP contribution in [0.5, 0.6) is 0 Å². The summed E-state index contributed by atoms with van der Waals surface area (Å²) in [6.07, 6.45) is 5.52. The summed E-state index contributed by atoms with van der Waals surface area (Å²) in [5, 5.41) is 2.30. The Morgan fingerprint density at radius 2 is 1.66 bits per heavy atom. The summed E-state index contributed by atoms with van der Waals surface area (Å²) < 4.78 is 3.73. The molecule has 0 bridgehead atoms. The zero-order valence-electron chi connectivity index (χ0n) is 17.2. The van der Waals surface area contributed by atoms with Gasteiger partial charge in [-0.2, -0.15) is 0 Å². The highest BCUT2D eigenvalue weighted by Crippen LogP contribution is 2.34. The lowest BCUT2D eigenvalue weighted by Gasteiger charge is -2.21. The fourth-order valence-corrected chi connectivity index (χ4v) is 4.46. The smallest absolute Gasteiger partial charge is 0.251 e. The summed E-state index contributed by atoms with van der Waals surface area (Å²) in [5.74, 6) is 0. The van der Waals surface area contributed by atoms with Crippen LogP contribution in [0.15, 0.2) is 96.3 Å². The van der Waals surface area contributed by atoms with Crippen molar-refractivity contribution < 1.29 is 0 Å². The van der Waals surface area contributed by atoms with E-state index in [-0.39, 0.29) is 11.6 Å². The van der Waals surface area contributed by atoms with Gasteiger partial charge in [0.2, 0.25) is 0 Å². The van der Waals surface area contributed by atoms with E-state index in [1.807, 2.05) is 67.1 Å². The van der Waals surface area contributed by atoms with Crippen LogP contribution >= 0.6 is 23.2 Å². The molecule has 2 aromatic heterocycles. The molecule has 0 aliphatic carbocycles. The molecule has 0 fully saturated rings. The number of aryl methyl sites for hydroxylation is 1. The molecule has 0 saturated carbocycles. The summed E-state index contributed by atoms with van der Waals surface area (Å²) in [7, 11) is 1.79. The number of rotatable bonds is 4. The molecule has 158 valence electrons. The number of pyridine rings is 1. The minimum absolute atomic E-state index is 0.0657. The molecule has 0 aliphatic rings. The molecule has 1 unspecified atom stereocenters. The van der Waals surface area contributed by atoms with Crippen molar-refractivity contribution in [2.75, 3.05) is 0 Å². The van der Waals surface area contributed by atoms with Gasteiger partial charge < -0.3 is 9.13 Å². The minimum Gasteiger partial charge on any atom is -0.326 e. The fourth-order valence-electron chi connectivity index (χ4n) is 4.15. The fraction of sp³-hybridized carbons (Fsp3) is 0.0769. The first-order valence-electron chi connectivity index (χ1n) is 10.1. The summed E-state index contributed by atoms with van der Waals surface area (Å²) in [4.78, 5) is 16.9. The van der Waals surface area contributed by atoms with Crippen molar-refractivity contribution in [3.05, 3.63) is 123 Å². The number of hydrogen-bond acceptors (Lipinski definition) is 2. The lowest BCUT2D eigenvalue weighted by molar-refractivity contribution is 0.677. The first kappa shape index (κ1) is 20.6. The van der Waals surface area contributed by atoms with E-state index in [2.05, 4.69) is 21.7 Å². The van der Waals surface area contributed by atoms with E-state index in [1.165, 1.54) is 0 Å². The van der Waals surface area contributed by atoms with Crippen molar-refractivity contribution in [2.24, 2.45) is 7.05 Å². The van der Waals surface area contributed by atoms with Crippen LogP contribution in [0.25, 0.3) is 22.0 Å². The van der Waals surface area contributed by atoms with Crippen LogP contribution < -0.4 is 5.56 Å². The zero-order valence-corrected chi connectivity index (χ0v) is 18.8. The van der Waals surface area contributed by atoms with Crippen LogP contribution in [0.2, 0.25) is 10.0 Å². The summed E-state index contributed by atoms with van der Waals surface area (Å²) >= 11 is 12.4. The Kier molecular flexibility index (Phi) is 5.33. The molecule has 0 amide bonds. The van der Waals surface area contributed by atoms with Gasteiger partial charge in [-0.3, -0.25) is 4.79 Å². The first-order chi connectivity index (χ1) is 15.5. The van der Waals surface area contributed by atoms with Crippen LogP contribution in [-0.2, 0) is 7.05 Å². The highest BCUT2D eigenvalue weighted by atomic mass is 35.5. The third-order valence-electron chi connectivity index (χ3n) is 5.73. The Morgan fingerprint density at radius 1 is 0.875 bits per heavy atom. The average molecular weight is 460 g/mol. The van der Waals surface area contributed by atoms with Gasteiger partial charge >= 0.3 is 0 Å². The maximum Gasteiger partial charge on any atom is 0.251 e. The van der Waals surface area contributed by atoms with Gasteiger partial charge in [-0.25, -0.2) is 4.98 Å². The molecule has 6 heteroatoms. The van der Waals surface area contributed by atoms with E-state index in [1.54, 1.807) is 23.9 Å². The van der Waals surface area contributed by atoms with Crippen molar-refractivity contribution in [1.82, 2.24) is 14.1 Å². The lowest BCUT2D eigenvalue weighted by Crippen LogP contribution is -2.17. The van der Waals surface area contributed by atoms with Gasteiger partial charge in [0.05, 0.1) is 17.9 Å². The predicted molar refractivity (Wildman–Crippen MR) is 131 cm³/mol. The van der Waals surface area contributed by atoms with Gasteiger partial charge in [0.15, 0.2) is 0 Å². The minimum atomic E-state index is -0.0939. The van der Waals surface area contributed by atoms with Crippen molar-refractivity contribution in [3.8, 4) is 11.1 Å². The Morgan fingerprint density at radius 3 is 2.38 bits per heavy atom. The molecule has 1 atom stereocenters. The molecule has 32 heavy (non-hydrogen) atoms. The van der Waals surface area contributed by atoms with Crippen LogP contribution in [0.1, 0.15) is 17.2 Å². The SMILES string of the molecule is Cn1c(=O)cc(-c2cccc(Cl)c2)c2cc(C(c3ccc(Cl)cc3)n3ccnc3)ccc21. The molecular weight excluding hydrogens is 441 g/mol. The zero-order chi connectivity index (χ0) is 22.2. The van der Waals surface area contributed by atoms with E-state index >= 15 is 0 Å². The third kappa shape index (κ3) is 3.72. The van der Waals surface area contributed by atoms with Crippen molar-refractivity contribution >= 4 is 34.1 Å². The van der Waals surface area contributed by atoms with Crippen molar-refractivity contribution in [2.45, 2.75) is 6.04 Å². The molecule has 5 aromatic rings. The largest absolute Gasteiger partial charge is 0.326 e. The number of benzene rings is 3. The molecule has 0 aliphatic heterocycles. The monoisotopic (exact) mass is 459 g/mol. The quantitative estimate of drug-likeness (QED) is 0.314. The number of hydrogen-bond donors (Lipinski definition) is 0. The number of halogens is 2. The van der Waals surface area contributed by atoms with Crippen LogP contribution in [0.4, 0.5) is 0 Å². The van der Waals surface area contributed by atoms with Crippen LogP contribution in [0, 0.1) is 0 Å². The molecule has 0 radical (unpaired) electrons. The van der Waals surface area contributed by atoms with E-state index in [0.717, 1.165) is 33.2 Å². The maximum absolute atomic E-state index is 12.7.